The molecule has 0 bridgehead atoms. The van der Waals surface area contributed by atoms with Crippen molar-refractivity contribution in [2.24, 2.45) is 0 Å². The predicted octanol–water partition coefficient (Wildman–Crippen LogP) is 11.9. The Bertz CT molecular complexity index is 1190. The molecule has 6 aromatic rings. The average molecular weight is 567 g/mol. The highest BCUT2D eigenvalue weighted by Gasteiger charge is 2.10. The van der Waals surface area contributed by atoms with Gasteiger partial charge in [-0.25, -0.2) is 15.0 Å². The highest BCUT2D eigenvalue weighted by molar-refractivity contribution is 6.09. The molecule has 3 aromatic carbocycles. The number of benzene rings is 3. The third-order valence-electron chi connectivity index (χ3n) is 4.60. The molecule has 3 heterocycles. The van der Waals surface area contributed by atoms with E-state index in [2.05, 4.69) is 81.9 Å². The van der Waals surface area contributed by atoms with Gasteiger partial charge in [0.15, 0.2) is 0 Å². The van der Waals surface area contributed by atoms with Crippen molar-refractivity contribution in [1.82, 2.24) is 19.5 Å². The summed E-state index contributed by atoms with van der Waals surface area (Å²) < 4.78 is 2.21. The van der Waals surface area contributed by atoms with Gasteiger partial charge in [-0.1, -0.05) is 155 Å². The fourth-order valence-electron chi connectivity index (χ4n) is 3.29. The maximum absolute atomic E-state index is 4.48. The van der Waals surface area contributed by atoms with Crippen LogP contribution in [0.1, 0.15) is 75.7 Å². The Kier molecular flexibility index (Phi) is 28.1. The second-order valence-electron chi connectivity index (χ2n) is 7.32. The molecular weight excluding hydrogens is 512 g/mol. The molecule has 0 aliphatic heterocycles. The van der Waals surface area contributed by atoms with Gasteiger partial charge in [0.2, 0.25) is 0 Å². The zero-order valence-electron chi connectivity index (χ0n) is 27.7. The molecule has 0 aliphatic carbocycles. The van der Waals surface area contributed by atoms with Gasteiger partial charge in [-0.3, -0.25) is 4.57 Å². The van der Waals surface area contributed by atoms with E-state index in [1.807, 2.05) is 116 Å². The lowest BCUT2D eigenvalue weighted by atomic mass is 10.2. The average Bonchev–Trinajstić information content (AvgIpc) is 3.46. The fraction of sp³-hybridized carbons (Fsp3) is 0.289. The number of rotatable bonds is 1. The summed E-state index contributed by atoms with van der Waals surface area (Å²) in [4.78, 5) is 11.8. The van der Waals surface area contributed by atoms with Crippen LogP contribution in [0.15, 0.2) is 134 Å². The van der Waals surface area contributed by atoms with Crippen molar-refractivity contribution in [1.29, 1.82) is 0 Å². The first-order valence-corrected chi connectivity index (χ1v) is 15.5. The van der Waals surface area contributed by atoms with Crippen molar-refractivity contribution in [3.8, 4) is 5.82 Å². The van der Waals surface area contributed by atoms with Gasteiger partial charge in [0.25, 0.3) is 0 Å². The summed E-state index contributed by atoms with van der Waals surface area (Å²) in [5, 5.41) is 2.53. The van der Waals surface area contributed by atoms with Crippen LogP contribution in [0.5, 0.6) is 0 Å². The lowest BCUT2D eigenvalue weighted by Gasteiger charge is -2.05. The Morgan fingerprint density at radius 3 is 1.14 bits per heavy atom. The highest BCUT2D eigenvalue weighted by Crippen LogP contribution is 2.30. The van der Waals surface area contributed by atoms with Crippen LogP contribution in [-0.2, 0) is 0 Å². The van der Waals surface area contributed by atoms with Gasteiger partial charge in [0.05, 0.1) is 11.0 Å². The van der Waals surface area contributed by atoms with Gasteiger partial charge in [-0.2, -0.15) is 0 Å². The Hall–Kier alpha value is -4.31. The maximum Gasteiger partial charge on any atom is 0.137 e. The van der Waals surface area contributed by atoms with E-state index in [-0.39, 0.29) is 0 Å². The molecule has 0 saturated carbocycles. The second-order valence-corrected chi connectivity index (χ2v) is 7.32. The van der Waals surface area contributed by atoms with E-state index in [0.29, 0.717) is 0 Å². The fourth-order valence-corrected chi connectivity index (χ4v) is 3.29. The number of fused-ring (bicyclic) bond motifs is 3. The van der Waals surface area contributed by atoms with Gasteiger partial charge < -0.3 is 0 Å². The Labute approximate surface area is 256 Å². The van der Waals surface area contributed by atoms with E-state index >= 15 is 0 Å². The summed E-state index contributed by atoms with van der Waals surface area (Å²) in [5.74, 6) is 0.958. The predicted molar refractivity (Wildman–Crippen MR) is 188 cm³/mol. The van der Waals surface area contributed by atoms with E-state index in [4.69, 9.17) is 0 Å². The van der Waals surface area contributed by atoms with E-state index in [1.165, 1.54) is 34.6 Å². The molecule has 0 spiro atoms. The molecule has 4 heteroatoms. The minimum absolute atomic E-state index is 0.958. The zero-order chi connectivity index (χ0) is 31.8. The standard InChI is InChI=1S/C17H12N2.C6H6.C4H4N2.C3H8.4C2H6/c1-3-9-15-13(7-1)14-8-2-4-10-16(14)19(15)17-11-5-6-12-18-17;1-2-4-6-5-3-1;1-2-5-4-6-3-1;1-3-2;4*1-2/h1-12H;1-6H;1-4H;3H2,1-2H3;4*1-2H3. The molecule has 0 amide bonds. The van der Waals surface area contributed by atoms with Crippen molar-refractivity contribution in [2.75, 3.05) is 0 Å². The quantitative estimate of drug-likeness (QED) is 0.199. The molecule has 42 heavy (non-hydrogen) atoms. The van der Waals surface area contributed by atoms with Crippen LogP contribution in [-0.4, -0.2) is 19.5 Å². The van der Waals surface area contributed by atoms with Crippen molar-refractivity contribution >= 4 is 21.8 Å². The molecule has 6 rings (SSSR count). The van der Waals surface area contributed by atoms with Crippen LogP contribution < -0.4 is 0 Å². The Morgan fingerprint density at radius 2 is 0.833 bits per heavy atom. The minimum Gasteiger partial charge on any atom is -0.294 e. The van der Waals surface area contributed by atoms with E-state index in [9.17, 15) is 0 Å². The van der Waals surface area contributed by atoms with Crippen LogP contribution in [0.3, 0.4) is 0 Å². The van der Waals surface area contributed by atoms with Crippen LogP contribution in [0.25, 0.3) is 27.6 Å². The second kappa shape index (κ2) is 29.7. The number of hydrogen-bond acceptors (Lipinski definition) is 3. The summed E-state index contributed by atoms with van der Waals surface area (Å²) in [5.41, 5.74) is 2.39. The van der Waals surface area contributed by atoms with Crippen LogP contribution >= 0.6 is 0 Å². The number of aromatic nitrogens is 4. The van der Waals surface area contributed by atoms with Gasteiger partial charge in [0.1, 0.15) is 12.1 Å². The Morgan fingerprint density at radius 1 is 0.452 bits per heavy atom. The lowest BCUT2D eigenvalue weighted by molar-refractivity contribution is 1.08. The van der Waals surface area contributed by atoms with E-state index in [1.54, 1.807) is 18.5 Å². The number of nitrogens with zero attached hydrogens (tertiary/aromatic N) is 4. The van der Waals surface area contributed by atoms with Crippen LogP contribution in [0, 0.1) is 0 Å². The van der Waals surface area contributed by atoms with Crippen molar-refractivity contribution in [3.05, 3.63) is 134 Å². The molecule has 0 fully saturated rings. The minimum atomic E-state index is 0.958. The maximum atomic E-state index is 4.48. The summed E-state index contributed by atoms with van der Waals surface area (Å²) in [6.07, 6.45) is 7.96. The molecule has 0 aliphatic rings. The third-order valence-corrected chi connectivity index (χ3v) is 4.60. The zero-order valence-corrected chi connectivity index (χ0v) is 27.7. The molecule has 4 nitrogen and oxygen atoms in total. The normalized spacial score (nSPS) is 8.33. The summed E-state index contributed by atoms with van der Waals surface area (Å²) >= 11 is 0. The first-order valence-electron chi connectivity index (χ1n) is 15.5. The van der Waals surface area contributed by atoms with Gasteiger partial charge in [-0.05, 0) is 30.3 Å². The molecular formula is C38H54N4. The third kappa shape index (κ3) is 14.9. The molecule has 3 aromatic heterocycles. The molecule has 226 valence electrons. The van der Waals surface area contributed by atoms with Crippen molar-refractivity contribution in [3.63, 3.8) is 0 Å². The SMILES string of the molecule is CC.CC.CC.CC.CCC.c1ccc(-n2c3ccccc3c3ccccc32)nc1.c1ccccc1.c1cncnc1. The number of pyridine rings is 1. The smallest absolute Gasteiger partial charge is 0.137 e. The highest BCUT2D eigenvalue weighted by atomic mass is 15.1. The van der Waals surface area contributed by atoms with Crippen LogP contribution in [0.2, 0.25) is 0 Å². The molecule has 0 saturated heterocycles. The molecule has 0 unspecified atom stereocenters. The Balaban J connectivity index is 0. The molecule has 0 radical (unpaired) electrons. The largest absolute Gasteiger partial charge is 0.294 e. The van der Waals surface area contributed by atoms with Gasteiger partial charge in [-0.15, -0.1) is 0 Å². The topological polar surface area (TPSA) is 43.6 Å². The summed E-state index contributed by atoms with van der Waals surface area (Å²) in [6.45, 7) is 20.2. The first-order chi connectivity index (χ1) is 20.9. The first kappa shape index (κ1) is 39.8. The summed E-state index contributed by atoms with van der Waals surface area (Å²) in [6, 6.07) is 36.7. The monoisotopic (exact) mass is 566 g/mol. The molecule has 0 atom stereocenters. The summed E-state index contributed by atoms with van der Waals surface area (Å²) in [7, 11) is 0. The van der Waals surface area contributed by atoms with E-state index < -0.39 is 0 Å². The van der Waals surface area contributed by atoms with Crippen LogP contribution in [0.4, 0.5) is 0 Å². The number of para-hydroxylation sites is 2. The van der Waals surface area contributed by atoms with Crippen molar-refractivity contribution < 1.29 is 0 Å². The molecule has 0 N–H and O–H groups in total. The van der Waals surface area contributed by atoms with Crippen molar-refractivity contribution in [2.45, 2.75) is 75.7 Å². The van der Waals surface area contributed by atoms with E-state index in [0.717, 1.165) is 5.82 Å². The number of hydrogen-bond donors (Lipinski definition) is 0. The lowest BCUT2D eigenvalue weighted by Crippen LogP contribution is -1.95. The van der Waals surface area contributed by atoms with Gasteiger partial charge in [0, 0.05) is 29.4 Å². The van der Waals surface area contributed by atoms with Gasteiger partial charge >= 0.3 is 0 Å².